The molecule has 128 valence electrons. The summed E-state index contributed by atoms with van der Waals surface area (Å²) in [5, 5.41) is 0.713. The predicted molar refractivity (Wildman–Crippen MR) is 94.5 cm³/mol. The molecule has 0 saturated carbocycles. The monoisotopic (exact) mass is 358 g/mol. The van der Waals surface area contributed by atoms with Crippen LogP contribution in [0.4, 0.5) is 4.39 Å². The fourth-order valence-corrected chi connectivity index (χ4v) is 3.56. The number of hydrogen-bond donors (Lipinski definition) is 0. The summed E-state index contributed by atoms with van der Waals surface area (Å²) in [6.07, 6.45) is 1.69. The number of thioether (sulfide) groups is 1. The Labute approximate surface area is 148 Å². The first-order valence-electron chi connectivity index (χ1n) is 7.90. The highest BCUT2D eigenvalue weighted by atomic mass is 32.2. The van der Waals surface area contributed by atoms with Crippen molar-refractivity contribution >= 4 is 28.9 Å². The van der Waals surface area contributed by atoms with Gasteiger partial charge < -0.3 is 14.1 Å². The molecule has 0 aliphatic carbocycles. The lowest BCUT2D eigenvalue weighted by Gasteiger charge is -2.27. The highest BCUT2D eigenvalue weighted by Gasteiger charge is 2.27. The maximum Gasteiger partial charge on any atom is 0.286 e. The largest absolute Gasteiger partial charge is 0.457 e. The van der Waals surface area contributed by atoms with Gasteiger partial charge in [-0.3, -0.25) is 4.79 Å². The number of furan rings is 1. The average Bonchev–Trinajstić information content (AvgIpc) is 3.24. The average molecular weight is 358 g/mol. The van der Waals surface area contributed by atoms with Crippen LogP contribution < -0.4 is 0 Å². The fourth-order valence-electron chi connectivity index (χ4n) is 2.62. The molecule has 2 aliphatic rings. The van der Waals surface area contributed by atoms with Crippen LogP contribution in [0.25, 0.3) is 17.4 Å². The number of amides is 1. The molecule has 5 nitrogen and oxygen atoms in total. The van der Waals surface area contributed by atoms with E-state index >= 15 is 0 Å². The number of nitrogens with zero attached hydrogens (tertiary/aromatic N) is 2. The van der Waals surface area contributed by atoms with E-state index in [1.807, 2.05) is 0 Å². The van der Waals surface area contributed by atoms with Gasteiger partial charge in [0.1, 0.15) is 17.3 Å². The zero-order valence-corrected chi connectivity index (χ0v) is 14.1. The summed E-state index contributed by atoms with van der Waals surface area (Å²) in [4.78, 5) is 18.8. The first-order chi connectivity index (χ1) is 12.2. The summed E-state index contributed by atoms with van der Waals surface area (Å²) in [6.45, 7) is 2.77. The number of aliphatic imine (C=N–C) groups is 1. The van der Waals surface area contributed by atoms with Crippen LogP contribution in [-0.2, 0) is 9.53 Å². The number of amidine groups is 1. The van der Waals surface area contributed by atoms with Crippen LogP contribution >= 0.6 is 11.8 Å². The molecule has 25 heavy (non-hydrogen) atoms. The summed E-state index contributed by atoms with van der Waals surface area (Å²) < 4.78 is 24.1. The minimum atomic E-state index is -0.293. The summed E-state index contributed by atoms with van der Waals surface area (Å²) in [6, 6.07) is 9.66. The van der Waals surface area contributed by atoms with Crippen molar-refractivity contribution < 1.29 is 18.3 Å². The van der Waals surface area contributed by atoms with E-state index < -0.39 is 0 Å². The Kier molecular flexibility index (Phi) is 4.42. The Morgan fingerprint density at radius 1 is 1.12 bits per heavy atom. The second kappa shape index (κ2) is 6.85. The lowest BCUT2D eigenvalue weighted by Crippen LogP contribution is -2.38. The summed E-state index contributed by atoms with van der Waals surface area (Å²) in [7, 11) is 0. The summed E-state index contributed by atoms with van der Waals surface area (Å²) in [5.74, 6) is 0.634. The molecule has 0 N–H and O–H groups in total. The number of benzene rings is 1. The van der Waals surface area contributed by atoms with Crippen molar-refractivity contribution in [1.82, 2.24) is 4.90 Å². The molecular formula is C18H15FN2O3S. The molecule has 1 aromatic carbocycles. The Morgan fingerprint density at radius 2 is 1.88 bits per heavy atom. The topological polar surface area (TPSA) is 55.0 Å². The SMILES string of the molecule is O=C1N=C(N2CCOCC2)SC1=Cc1ccc(-c2ccc(F)cc2)o1. The van der Waals surface area contributed by atoms with Crippen LogP contribution in [0, 0.1) is 5.82 Å². The second-order valence-electron chi connectivity index (χ2n) is 5.62. The molecule has 2 aliphatic heterocycles. The molecule has 1 saturated heterocycles. The highest BCUT2D eigenvalue weighted by molar-refractivity contribution is 8.18. The van der Waals surface area contributed by atoms with Crippen molar-refractivity contribution in [3.8, 4) is 11.3 Å². The fraction of sp³-hybridized carbons (Fsp3) is 0.222. The standard InChI is InChI=1S/C18H15FN2O3S/c19-13-3-1-12(2-4-13)15-6-5-14(24-15)11-16-17(22)20-18(25-16)21-7-9-23-10-8-21/h1-6,11H,7-10H2. The minimum Gasteiger partial charge on any atom is -0.457 e. The van der Waals surface area contributed by atoms with Gasteiger partial charge in [-0.05, 0) is 48.2 Å². The van der Waals surface area contributed by atoms with E-state index in [-0.39, 0.29) is 11.7 Å². The molecule has 0 bridgehead atoms. The number of morpholine rings is 1. The van der Waals surface area contributed by atoms with E-state index in [1.165, 1.54) is 23.9 Å². The third-order valence-corrected chi connectivity index (χ3v) is 4.96. The van der Waals surface area contributed by atoms with Gasteiger partial charge in [0, 0.05) is 24.7 Å². The van der Waals surface area contributed by atoms with E-state index in [2.05, 4.69) is 9.89 Å². The first kappa shape index (κ1) is 16.1. The molecule has 4 rings (SSSR count). The van der Waals surface area contributed by atoms with Gasteiger partial charge in [0.15, 0.2) is 5.17 Å². The van der Waals surface area contributed by atoms with Gasteiger partial charge in [-0.25, -0.2) is 4.39 Å². The molecule has 1 fully saturated rings. The van der Waals surface area contributed by atoms with Crippen molar-refractivity contribution in [3.05, 3.63) is 52.9 Å². The first-order valence-corrected chi connectivity index (χ1v) is 8.72. The lowest BCUT2D eigenvalue weighted by molar-refractivity contribution is -0.113. The number of carbonyl (C=O) groups excluding carboxylic acids is 1. The number of rotatable bonds is 2. The minimum absolute atomic E-state index is 0.258. The van der Waals surface area contributed by atoms with Gasteiger partial charge >= 0.3 is 0 Å². The highest BCUT2D eigenvalue weighted by Crippen LogP contribution is 2.32. The zero-order chi connectivity index (χ0) is 17.2. The Balaban J connectivity index is 1.50. The third kappa shape index (κ3) is 3.52. The van der Waals surface area contributed by atoms with E-state index in [1.54, 1.807) is 30.3 Å². The van der Waals surface area contributed by atoms with E-state index in [0.717, 1.165) is 18.7 Å². The number of ether oxygens (including phenoxy) is 1. The van der Waals surface area contributed by atoms with Crippen molar-refractivity contribution in [2.45, 2.75) is 0 Å². The maximum absolute atomic E-state index is 13.0. The molecule has 0 atom stereocenters. The normalized spacial score (nSPS) is 19.6. The van der Waals surface area contributed by atoms with Crippen LogP contribution in [0.5, 0.6) is 0 Å². The number of halogens is 1. The maximum atomic E-state index is 13.0. The van der Waals surface area contributed by atoms with Crippen LogP contribution in [0.1, 0.15) is 5.76 Å². The lowest BCUT2D eigenvalue weighted by atomic mass is 10.2. The van der Waals surface area contributed by atoms with E-state index in [4.69, 9.17) is 9.15 Å². The molecule has 1 aromatic heterocycles. The third-order valence-electron chi connectivity index (χ3n) is 3.92. The number of carbonyl (C=O) groups is 1. The van der Waals surface area contributed by atoms with Crippen molar-refractivity contribution in [2.24, 2.45) is 4.99 Å². The van der Waals surface area contributed by atoms with Gasteiger partial charge in [-0.1, -0.05) is 0 Å². The Morgan fingerprint density at radius 3 is 2.64 bits per heavy atom. The molecular weight excluding hydrogens is 343 g/mol. The molecule has 0 radical (unpaired) electrons. The van der Waals surface area contributed by atoms with Crippen molar-refractivity contribution in [3.63, 3.8) is 0 Å². The van der Waals surface area contributed by atoms with Crippen molar-refractivity contribution in [2.75, 3.05) is 26.3 Å². The zero-order valence-electron chi connectivity index (χ0n) is 13.3. The molecule has 3 heterocycles. The van der Waals surface area contributed by atoms with Crippen LogP contribution in [-0.4, -0.2) is 42.3 Å². The second-order valence-corrected chi connectivity index (χ2v) is 6.63. The molecule has 1 amide bonds. The van der Waals surface area contributed by atoms with Gasteiger partial charge in [0.25, 0.3) is 5.91 Å². The van der Waals surface area contributed by atoms with Crippen LogP contribution in [0.2, 0.25) is 0 Å². The van der Waals surface area contributed by atoms with E-state index in [9.17, 15) is 9.18 Å². The quantitative estimate of drug-likeness (QED) is 0.771. The van der Waals surface area contributed by atoms with Crippen LogP contribution in [0.15, 0.2) is 50.7 Å². The Bertz CT molecular complexity index is 851. The molecule has 7 heteroatoms. The predicted octanol–water partition coefficient (Wildman–Crippen LogP) is 3.39. The van der Waals surface area contributed by atoms with Gasteiger partial charge in [0.05, 0.1) is 18.1 Å². The van der Waals surface area contributed by atoms with Gasteiger partial charge in [-0.2, -0.15) is 4.99 Å². The molecule has 2 aromatic rings. The van der Waals surface area contributed by atoms with Crippen molar-refractivity contribution in [1.29, 1.82) is 0 Å². The van der Waals surface area contributed by atoms with E-state index in [0.29, 0.717) is 34.8 Å². The summed E-state index contributed by atoms with van der Waals surface area (Å²) in [5.41, 5.74) is 0.779. The van der Waals surface area contributed by atoms with Gasteiger partial charge in [0.2, 0.25) is 0 Å². The number of hydrogen-bond acceptors (Lipinski definition) is 5. The van der Waals surface area contributed by atoms with Crippen LogP contribution in [0.3, 0.4) is 0 Å². The smallest absolute Gasteiger partial charge is 0.286 e. The Hall–Kier alpha value is -2.38. The molecule has 0 unspecified atom stereocenters. The summed E-state index contributed by atoms with van der Waals surface area (Å²) >= 11 is 1.35. The molecule has 0 spiro atoms. The van der Waals surface area contributed by atoms with Gasteiger partial charge in [-0.15, -0.1) is 0 Å².